The fraction of sp³-hybridized carbons (Fsp3) is 0.429. The van der Waals surface area contributed by atoms with Crippen LogP contribution < -0.4 is 15.5 Å². The predicted octanol–water partition coefficient (Wildman–Crippen LogP) is 3.08. The number of halogens is 2. The second-order valence-electron chi connectivity index (χ2n) is 4.34. The molecule has 0 heterocycles. The summed E-state index contributed by atoms with van der Waals surface area (Å²) in [7, 11) is 0. The van der Waals surface area contributed by atoms with Crippen LogP contribution in [-0.4, -0.2) is 24.0 Å². The maximum absolute atomic E-state index is 12.0. The topological polar surface area (TPSA) is 45.7 Å². The van der Waals surface area contributed by atoms with Crippen molar-refractivity contribution in [2.24, 2.45) is 5.10 Å². The van der Waals surface area contributed by atoms with Crippen LogP contribution in [0.4, 0.5) is 8.78 Å². The maximum atomic E-state index is 12.0. The molecular formula is C14H19F2N3OS. The third kappa shape index (κ3) is 7.55. The predicted molar refractivity (Wildman–Crippen MR) is 83.9 cm³/mol. The Kier molecular flexibility index (Phi) is 7.60. The summed E-state index contributed by atoms with van der Waals surface area (Å²) in [6.45, 7) is 1.80. The van der Waals surface area contributed by atoms with Crippen molar-refractivity contribution in [2.75, 3.05) is 6.54 Å². The van der Waals surface area contributed by atoms with Gasteiger partial charge in [0.2, 0.25) is 0 Å². The number of hydrogen-bond acceptors (Lipinski definition) is 3. The highest BCUT2D eigenvalue weighted by atomic mass is 32.1. The number of benzene rings is 1. The van der Waals surface area contributed by atoms with Crippen LogP contribution in [0.5, 0.6) is 5.75 Å². The van der Waals surface area contributed by atoms with Gasteiger partial charge in [-0.3, -0.25) is 5.43 Å². The van der Waals surface area contributed by atoms with E-state index in [9.17, 15) is 8.78 Å². The van der Waals surface area contributed by atoms with Gasteiger partial charge in [-0.05, 0) is 56.6 Å². The molecule has 0 bridgehead atoms. The molecule has 116 valence electrons. The lowest BCUT2D eigenvalue weighted by Gasteiger charge is -2.07. The van der Waals surface area contributed by atoms with E-state index in [4.69, 9.17) is 12.2 Å². The van der Waals surface area contributed by atoms with Crippen LogP contribution in [0.25, 0.3) is 0 Å². The normalized spacial score (nSPS) is 11.4. The van der Waals surface area contributed by atoms with Crippen LogP contribution in [0.2, 0.25) is 0 Å². The minimum absolute atomic E-state index is 0.164. The summed E-state index contributed by atoms with van der Waals surface area (Å²) in [5, 5.41) is 7.58. The molecule has 0 aliphatic heterocycles. The number of ether oxygens (including phenoxy) is 1. The van der Waals surface area contributed by atoms with E-state index < -0.39 is 6.61 Å². The molecule has 0 aliphatic carbocycles. The van der Waals surface area contributed by atoms with Gasteiger partial charge in [-0.25, -0.2) is 0 Å². The van der Waals surface area contributed by atoms with Crippen LogP contribution in [0.3, 0.4) is 0 Å². The minimum Gasteiger partial charge on any atom is -0.435 e. The van der Waals surface area contributed by atoms with Gasteiger partial charge in [-0.15, -0.1) is 0 Å². The zero-order valence-corrected chi connectivity index (χ0v) is 12.8. The van der Waals surface area contributed by atoms with Crippen molar-refractivity contribution < 1.29 is 13.5 Å². The highest BCUT2D eigenvalue weighted by molar-refractivity contribution is 7.80. The lowest BCUT2D eigenvalue weighted by molar-refractivity contribution is -0.0498. The molecule has 1 aromatic rings. The molecule has 7 heteroatoms. The first kappa shape index (κ1) is 17.3. The van der Waals surface area contributed by atoms with E-state index in [2.05, 4.69) is 20.6 Å². The highest BCUT2D eigenvalue weighted by Gasteiger charge is 2.04. The summed E-state index contributed by atoms with van der Waals surface area (Å²) in [6, 6.07) is 6.60. The van der Waals surface area contributed by atoms with Gasteiger partial charge >= 0.3 is 6.61 Å². The van der Waals surface area contributed by atoms with E-state index in [1.54, 1.807) is 12.1 Å². The van der Waals surface area contributed by atoms with Crippen LogP contribution in [0.15, 0.2) is 29.4 Å². The van der Waals surface area contributed by atoms with E-state index >= 15 is 0 Å². The molecule has 0 atom stereocenters. The summed E-state index contributed by atoms with van der Waals surface area (Å²) >= 11 is 4.99. The number of thiocarbonyl (C=S) groups is 1. The molecule has 0 saturated heterocycles. The quantitative estimate of drug-likeness (QED) is 0.461. The molecule has 0 spiro atoms. The summed E-state index contributed by atoms with van der Waals surface area (Å²) in [4.78, 5) is 0. The molecular weight excluding hydrogens is 296 g/mol. The Labute approximate surface area is 128 Å². The molecule has 4 nitrogen and oxygen atoms in total. The summed E-state index contributed by atoms with van der Waals surface area (Å²) in [5.41, 5.74) is 4.69. The second kappa shape index (κ2) is 9.23. The smallest absolute Gasteiger partial charge is 0.387 e. The van der Waals surface area contributed by atoms with Crippen LogP contribution >= 0.6 is 12.2 Å². The molecule has 1 aromatic carbocycles. The summed E-state index contributed by atoms with van der Waals surface area (Å²) in [6.07, 6.45) is 1.51. The Balaban J connectivity index is 2.40. The zero-order chi connectivity index (χ0) is 15.7. The number of aryl methyl sites for hydroxylation is 1. The average Bonchev–Trinajstić information content (AvgIpc) is 2.44. The van der Waals surface area contributed by atoms with Gasteiger partial charge < -0.3 is 10.1 Å². The fourth-order valence-electron chi connectivity index (χ4n) is 1.56. The molecule has 0 unspecified atom stereocenters. The van der Waals surface area contributed by atoms with Crippen molar-refractivity contribution in [1.29, 1.82) is 0 Å². The number of nitrogens with one attached hydrogen (secondary N) is 2. The van der Waals surface area contributed by atoms with Crippen molar-refractivity contribution in [3.63, 3.8) is 0 Å². The van der Waals surface area contributed by atoms with Crippen LogP contribution in [0.1, 0.15) is 25.8 Å². The van der Waals surface area contributed by atoms with Gasteiger partial charge in [0.1, 0.15) is 5.75 Å². The largest absolute Gasteiger partial charge is 0.435 e. The van der Waals surface area contributed by atoms with Gasteiger partial charge in [0.15, 0.2) is 5.11 Å². The fourth-order valence-corrected chi connectivity index (χ4v) is 1.75. The first-order valence-electron chi connectivity index (χ1n) is 6.62. The standard InChI is InChI=1S/C14H19F2N3OS/c1-3-17-14(21)19-18-10(2)4-5-11-6-8-12(9-7-11)20-13(15)16/h6-9,13H,3-5H2,1-2H3,(H2,17,19,21)/b18-10-. The molecule has 0 aromatic heterocycles. The van der Waals surface area contributed by atoms with E-state index in [1.807, 2.05) is 13.8 Å². The Hall–Kier alpha value is -1.76. The molecule has 0 saturated carbocycles. The maximum Gasteiger partial charge on any atom is 0.387 e. The Bertz CT molecular complexity index is 478. The first-order valence-corrected chi connectivity index (χ1v) is 7.02. The first-order chi connectivity index (χ1) is 10.0. The third-order valence-corrected chi connectivity index (χ3v) is 2.85. The summed E-state index contributed by atoms with van der Waals surface area (Å²) < 4.78 is 28.3. The highest BCUT2D eigenvalue weighted by Crippen LogP contribution is 2.15. The van der Waals surface area contributed by atoms with E-state index in [0.29, 0.717) is 5.11 Å². The number of rotatable bonds is 7. The zero-order valence-electron chi connectivity index (χ0n) is 12.0. The number of nitrogens with zero attached hydrogens (tertiary/aromatic N) is 1. The SMILES string of the molecule is CCNC(=S)N/N=C(/C)CCc1ccc(OC(F)F)cc1. The Morgan fingerprint density at radius 3 is 2.57 bits per heavy atom. The second-order valence-corrected chi connectivity index (χ2v) is 4.75. The van der Waals surface area contributed by atoms with Crippen molar-refractivity contribution in [1.82, 2.24) is 10.7 Å². The lowest BCUT2D eigenvalue weighted by atomic mass is 10.1. The Morgan fingerprint density at radius 1 is 1.33 bits per heavy atom. The third-order valence-electron chi connectivity index (χ3n) is 2.61. The van der Waals surface area contributed by atoms with E-state index in [-0.39, 0.29) is 5.75 Å². The number of alkyl halides is 2. The minimum atomic E-state index is -2.79. The molecule has 0 aliphatic rings. The number of hydrogen-bond donors (Lipinski definition) is 2. The average molecular weight is 315 g/mol. The van der Waals surface area contributed by atoms with Crippen molar-refractivity contribution in [2.45, 2.75) is 33.3 Å². The Morgan fingerprint density at radius 2 is 2.00 bits per heavy atom. The number of hydrazone groups is 1. The lowest BCUT2D eigenvalue weighted by Crippen LogP contribution is -2.32. The molecule has 0 radical (unpaired) electrons. The van der Waals surface area contributed by atoms with Gasteiger partial charge in [0.05, 0.1) is 0 Å². The molecule has 0 amide bonds. The van der Waals surface area contributed by atoms with Crippen LogP contribution in [-0.2, 0) is 6.42 Å². The molecule has 0 fully saturated rings. The molecule has 2 N–H and O–H groups in total. The molecule has 1 rings (SSSR count). The van der Waals surface area contributed by atoms with Crippen LogP contribution in [0, 0.1) is 0 Å². The van der Waals surface area contributed by atoms with Gasteiger partial charge in [0, 0.05) is 12.3 Å². The van der Waals surface area contributed by atoms with Crippen molar-refractivity contribution >= 4 is 23.0 Å². The van der Waals surface area contributed by atoms with Gasteiger partial charge in [0.25, 0.3) is 0 Å². The van der Waals surface area contributed by atoms with Crippen molar-refractivity contribution in [3.8, 4) is 5.75 Å². The van der Waals surface area contributed by atoms with Crippen molar-refractivity contribution in [3.05, 3.63) is 29.8 Å². The summed E-state index contributed by atoms with van der Waals surface area (Å²) in [5.74, 6) is 0.164. The molecule has 21 heavy (non-hydrogen) atoms. The van der Waals surface area contributed by atoms with Gasteiger partial charge in [-0.2, -0.15) is 13.9 Å². The monoisotopic (exact) mass is 315 g/mol. The van der Waals surface area contributed by atoms with E-state index in [1.165, 1.54) is 12.1 Å². The van der Waals surface area contributed by atoms with E-state index in [0.717, 1.165) is 30.7 Å². The van der Waals surface area contributed by atoms with Gasteiger partial charge in [-0.1, -0.05) is 12.1 Å².